The van der Waals surface area contributed by atoms with E-state index in [-0.39, 0.29) is 0 Å². The van der Waals surface area contributed by atoms with Gasteiger partial charge in [-0.25, -0.2) is 0 Å². The maximum atomic E-state index is 3.75. The van der Waals surface area contributed by atoms with E-state index < -0.39 is 0 Å². The van der Waals surface area contributed by atoms with Gasteiger partial charge in [0.2, 0.25) is 0 Å². The van der Waals surface area contributed by atoms with Crippen LogP contribution in [0.4, 0.5) is 0 Å². The summed E-state index contributed by atoms with van der Waals surface area (Å²) in [6.45, 7) is 12.3. The third-order valence-electron chi connectivity index (χ3n) is 3.72. The molecule has 0 aromatic heterocycles. The van der Waals surface area contributed by atoms with E-state index in [0.717, 1.165) is 24.9 Å². The summed E-state index contributed by atoms with van der Waals surface area (Å²) >= 11 is 5.84. The molecule has 0 aliphatic carbocycles. The zero-order chi connectivity index (χ0) is 15.2. The Kier molecular flexibility index (Phi) is 7.06. The summed E-state index contributed by atoms with van der Waals surface area (Å²) < 4.78 is 1.25. The maximum absolute atomic E-state index is 3.75. The van der Waals surface area contributed by atoms with Crippen LogP contribution >= 0.6 is 27.7 Å². The molecule has 21 heavy (non-hydrogen) atoms. The van der Waals surface area contributed by atoms with Crippen LogP contribution in [0.15, 0.2) is 22.7 Å². The summed E-state index contributed by atoms with van der Waals surface area (Å²) in [5.41, 5.74) is 2.76. The molecule has 1 unspecified atom stereocenters. The highest BCUT2D eigenvalue weighted by molar-refractivity contribution is 9.10. The van der Waals surface area contributed by atoms with Crippen LogP contribution in [0.3, 0.4) is 0 Å². The Morgan fingerprint density at radius 1 is 1.43 bits per heavy atom. The molecule has 2 nitrogen and oxygen atoms in total. The topological polar surface area (TPSA) is 15.3 Å². The lowest BCUT2D eigenvalue weighted by Crippen LogP contribution is -2.36. The van der Waals surface area contributed by atoms with Gasteiger partial charge in [0.05, 0.1) is 0 Å². The standard InChI is InChI=1S/C17H27BrN2S/c1-13(2)9-19-10-15-4-5-16(17(18)8-15)12-20-6-7-21-14(3)11-20/h4-5,8,13-14,19H,6-7,9-12H2,1-3H3. The second-order valence-corrected chi connectivity index (χ2v) is 8.77. The first-order valence-corrected chi connectivity index (χ1v) is 9.70. The van der Waals surface area contributed by atoms with Crippen molar-refractivity contribution < 1.29 is 0 Å². The molecular formula is C17H27BrN2S. The number of rotatable bonds is 6. The van der Waals surface area contributed by atoms with Gasteiger partial charge in [-0.1, -0.05) is 48.8 Å². The van der Waals surface area contributed by atoms with E-state index in [4.69, 9.17) is 0 Å². The van der Waals surface area contributed by atoms with E-state index in [0.29, 0.717) is 5.92 Å². The lowest BCUT2D eigenvalue weighted by Gasteiger charge is -2.30. The van der Waals surface area contributed by atoms with Crippen molar-refractivity contribution in [2.45, 2.75) is 39.1 Å². The normalized spacial score (nSPS) is 20.1. The van der Waals surface area contributed by atoms with Crippen LogP contribution in [0, 0.1) is 5.92 Å². The summed E-state index contributed by atoms with van der Waals surface area (Å²) in [5, 5.41) is 4.26. The fraction of sp³-hybridized carbons (Fsp3) is 0.647. The highest BCUT2D eigenvalue weighted by Crippen LogP contribution is 2.24. The van der Waals surface area contributed by atoms with Crippen LogP contribution in [-0.2, 0) is 13.1 Å². The SMILES string of the molecule is CC(C)CNCc1ccc(CN2CCSC(C)C2)c(Br)c1. The monoisotopic (exact) mass is 370 g/mol. The molecule has 0 saturated carbocycles. The van der Waals surface area contributed by atoms with Crippen molar-refractivity contribution in [2.24, 2.45) is 5.92 Å². The lowest BCUT2D eigenvalue weighted by molar-refractivity contribution is 0.278. The number of halogens is 1. The van der Waals surface area contributed by atoms with Crippen LogP contribution in [0.2, 0.25) is 0 Å². The number of thioether (sulfide) groups is 1. The molecule has 0 radical (unpaired) electrons. The van der Waals surface area contributed by atoms with Gasteiger partial charge in [-0.3, -0.25) is 4.90 Å². The van der Waals surface area contributed by atoms with Gasteiger partial charge in [0, 0.05) is 41.7 Å². The van der Waals surface area contributed by atoms with Gasteiger partial charge in [-0.15, -0.1) is 0 Å². The van der Waals surface area contributed by atoms with Gasteiger partial charge in [0.25, 0.3) is 0 Å². The molecule has 118 valence electrons. The van der Waals surface area contributed by atoms with Crippen molar-refractivity contribution in [3.63, 3.8) is 0 Å². The largest absolute Gasteiger partial charge is 0.312 e. The first-order valence-electron chi connectivity index (χ1n) is 7.86. The Morgan fingerprint density at radius 2 is 2.24 bits per heavy atom. The average Bonchev–Trinajstić information content (AvgIpc) is 2.41. The Bertz CT molecular complexity index is 450. The zero-order valence-corrected chi connectivity index (χ0v) is 15.8. The number of nitrogens with zero attached hydrogens (tertiary/aromatic N) is 1. The Balaban J connectivity index is 1.89. The van der Waals surface area contributed by atoms with Gasteiger partial charge in [-0.05, 0) is 29.7 Å². The van der Waals surface area contributed by atoms with Crippen molar-refractivity contribution in [1.29, 1.82) is 0 Å². The first-order chi connectivity index (χ1) is 10.0. The molecule has 0 spiro atoms. The summed E-state index contributed by atoms with van der Waals surface area (Å²) in [6.07, 6.45) is 0. The Labute approximate surface area is 142 Å². The van der Waals surface area contributed by atoms with Gasteiger partial charge >= 0.3 is 0 Å². The fourth-order valence-corrected chi connectivity index (χ4v) is 4.24. The van der Waals surface area contributed by atoms with E-state index in [1.54, 1.807) is 0 Å². The first kappa shape index (κ1) is 17.3. The number of benzene rings is 1. The third-order valence-corrected chi connectivity index (χ3v) is 5.59. The molecule has 1 aromatic carbocycles. The van der Waals surface area contributed by atoms with Crippen molar-refractivity contribution in [3.05, 3.63) is 33.8 Å². The minimum atomic E-state index is 0.701. The van der Waals surface area contributed by atoms with Gasteiger partial charge in [0.1, 0.15) is 0 Å². The highest BCUT2D eigenvalue weighted by atomic mass is 79.9. The number of nitrogens with one attached hydrogen (secondary N) is 1. The van der Waals surface area contributed by atoms with Crippen LogP contribution < -0.4 is 5.32 Å². The summed E-state index contributed by atoms with van der Waals surface area (Å²) in [5.74, 6) is 1.96. The zero-order valence-electron chi connectivity index (χ0n) is 13.4. The number of hydrogen-bond acceptors (Lipinski definition) is 3. The molecule has 1 N–H and O–H groups in total. The van der Waals surface area contributed by atoms with Crippen LogP contribution in [0.25, 0.3) is 0 Å². The quantitative estimate of drug-likeness (QED) is 0.809. The van der Waals surface area contributed by atoms with E-state index >= 15 is 0 Å². The molecule has 2 rings (SSSR count). The molecule has 4 heteroatoms. The fourth-order valence-electron chi connectivity index (χ4n) is 2.61. The molecule has 1 aromatic rings. The minimum absolute atomic E-state index is 0.701. The van der Waals surface area contributed by atoms with E-state index in [1.807, 2.05) is 0 Å². The molecule has 1 saturated heterocycles. The third kappa shape index (κ3) is 5.93. The van der Waals surface area contributed by atoms with E-state index in [1.165, 1.54) is 34.4 Å². The highest BCUT2D eigenvalue weighted by Gasteiger charge is 2.17. The van der Waals surface area contributed by atoms with Crippen molar-refractivity contribution in [1.82, 2.24) is 10.2 Å². The number of hydrogen-bond donors (Lipinski definition) is 1. The Morgan fingerprint density at radius 3 is 2.90 bits per heavy atom. The smallest absolute Gasteiger partial charge is 0.0245 e. The molecule has 1 aliphatic rings. The van der Waals surface area contributed by atoms with Gasteiger partial charge in [-0.2, -0.15) is 11.8 Å². The molecule has 1 atom stereocenters. The van der Waals surface area contributed by atoms with Crippen molar-refractivity contribution in [2.75, 3.05) is 25.4 Å². The predicted molar refractivity (Wildman–Crippen MR) is 97.9 cm³/mol. The minimum Gasteiger partial charge on any atom is -0.312 e. The maximum Gasteiger partial charge on any atom is 0.0245 e. The average molecular weight is 371 g/mol. The summed E-state index contributed by atoms with van der Waals surface area (Å²) in [6, 6.07) is 6.81. The van der Waals surface area contributed by atoms with Gasteiger partial charge < -0.3 is 5.32 Å². The molecule has 0 bridgehead atoms. The Hall–Kier alpha value is -0.0300. The van der Waals surface area contributed by atoms with E-state index in [2.05, 4.69) is 76.9 Å². The summed E-state index contributed by atoms with van der Waals surface area (Å²) in [7, 11) is 0. The second kappa shape index (κ2) is 8.56. The van der Waals surface area contributed by atoms with Crippen LogP contribution in [-0.4, -0.2) is 35.5 Å². The van der Waals surface area contributed by atoms with Crippen LogP contribution in [0.1, 0.15) is 31.9 Å². The van der Waals surface area contributed by atoms with Crippen LogP contribution in [0.5, 0.6) is 0 Å². The molecule has 1 fully saturated rings. The predicted octanol–water partition coefficient (Wildman–Crippen LogP) is 4.13. The molecule has 0 amide bonds. The summed E-state index contributed by atoms with van der Waals surface area (Å²) in [4.78, 5) is 2.57. The van der Waals surface area contributed by atoms with Crippen molar-refractivity contribution >= 4 is 27.7 Å². The van der Waals surface area contributed by atoms with Crippen molar-refractivity contribution in [3.8, 4) is 0 Å². The second-order valence-electron chi connectivity index (χ2n) is 6.37. The molecular weight excluding hydrogens is 344 g/mol. The van der Waals surface area contributed by atoms with Gasteiger partial charge in [0.15, 0.2) is 0 Å². The molecule has 1 heterocycles. The van der Waals surface area contributed by atoms with E-state index in [9.17, 15) is 0 Å². The molecule has 1 aliphatic heterocycles. The lowest BCUT2D eigenvalue weighted by atomic mass is 10.1.